The Morgan fingerprint density at radius 1 is 1.44 bits per heavy atom. The van der Waals surface area contributed by atoms with Crippen molar-refractivity contribution in [2.75, 3.05) is 5.88 Å². The summed E-state index contributed by atoms with van der Waals surface area (Å²) in [4.78, 5) is 4.25. The Hall–Kier alpha value is -1.67. The molecule has 3 nitrogen and oxygen atoms in total. The number of aryl methyl sites for hydroxylation is 1. The van der Waals surface area contributed by atoms with Crippen LogP contribution in [-0.4, -0.2) is 21.9 Å². The smallest absolute Gasteiger partial charge is 0.256 e. The summed E-state index contributed by atoms with van der Waals surface area (Å²) < 4.78 is 26.6. The molecule has 0 saturated carbocycles. The SMILES string of the molecule is N#Cc1cccc2c1nc(CCCl)n2CC(F)F. The molecule has 1 heterocycles. The molecule has 18 heavy (non-hydrogen) atoms. The van der Waals surface area contributed by atoms with Gasteiger partial charge in [0.15, 0.2) is 0 Å². The highest BCUT2D eigenvalue weighted by atomic mass is 35.5. The highest BCUT2D eigenvalue weighted by molar-refractivity contribution is 6.17. The summed E-state index contributed by atoms with van der Waals surface area (Å²) in [6.45, 7) is -0.433. The second kappa shape index (κ2) is 5.32. The molecular formula is C12H10ClF2N3. The molecule has 0 atom stereocenters. The number of hydrogen-bond acceptors (Lipinski definition) is 2. The van der Waals surface area contributed by atoms with Crippen molar-refractivity contribution in [2.45, 2.75) is 19.4 Å². The zero-order chi connectivity index (χ0) is 13.1. The van der Waals surface area contributed by atoms with Crippen molar-refractivity contribution in [3.05, 3.63) is 29.6 Å². The first kappa shape index (κ1) is 12.8. The van der Waals surface area contributed by atoms with Crippen molar-refractivity contribution in [1.29, 1.82) is 5.26 Å². The first-order valence-electron chi connectivity index (χ1n) is 5.39. The molecule has 0 unspecified atom stereocenters. The van der Waals surface area contributed by atoms with Gasteiger partial charge in [0.2, 0.25) is 0 Å². The van der Waals surface area contributed by atoms with Crippen molar-refractivity contribution < 1.29 is 8.78 Å². The molecule has 0 aliphatic heterocycles. The molecule has 0 spiro atoms. The second-order valence-electron chi connectivity index (χ2n) is 3.75. The number of rotatable bonds is 4. The second-order valence-corrected chi connectivity index (χ2v) is 4.13. The Bertz CT molecular complexity index is 601. The lowest BCUT2D eigenvalue weighted by Gasteiger charge is -2.07. The van der Waals surface area contributed by atoms with Crippen molar-refractivity contribution in [1.82, 2.24) is 9.55 Å². The lowest BCUT2D eigenvalue weighted by molar-refractivity contribution is 0.127. The van der Waals surface area contributed by atoms with E-state index in [0.717, 1.165) is 0 Å². The molecule has 2 aromatic rings. The fourth-order valence-corrected chi connectivity index (χ4v) is 2.07. The van der Waals surface area contributed by atoms with Gasteiger partial charge in [-0.05, 0) is 12.1 Å². The number of benzene rings is 1. The summed E-state index contributed by atoms with van der Waals surface area (Å²) >= 11 is 5.64. The van der Waals surface area contributed by atoms with Crippen LogP contribution >= 0.6 is 11.6 Å². The molecule has 0 fully saturated rings. The minimum absolute atomic E-state index is 0.300. The number of aromatic nitrogens is 2. The normalized spacial score (nSPS) is 11.1. The Morgan fingerprint density at radius 2 is 2.22 bits per heavy atom. The van der Waals surface area contributed by atoms with Gasteiger partial charge in [-0.2, -0.15) is 5.26 Å². The highest BCUT2D eigenvalue weighted by Crippen LogP contribution is 2.21. The maximum atomic E-state index is 12.6. The van der Waals surface area contributed by atoms with Crippen molar-refractivity contribution in [2.24, 2.45) is 0 Å². The van der Waals surface area contributed by atoms with Gasteiger partial charge in [0.1, 0.15) is 17.4 Å². The number of alkyl halides is 3. The average Bonchev–Trinajstić information content (AvgIpc) is 2.67. The van der Waals surface area contributed by atoms with E-state index in [0.29, 0.717) is 34.7 Å². The van der Waals surface area contributed by atoms with E-state index in [1.54, 1.807) is 18.2 Å². The molecule has 0 amide bonds. The summed E-state index contributed by atoms with van der Waals surface area (Å²) in [5.41, 5.74) is 1.39. The first-order valence-corrected chi connectivity index (χ1v) is 5.93. The van der Waals surface area contributed by atoms with Gasteiger partial charge in [-0.15, -0.1) is 11.6 Å². The van der Waals surface area contributed by atoms with Crippen LogP contribution < -0.4 is 0 Å². The molecular weight excluding hydrogens is 260 g/mol. The van der Waals surface area contributed by atoms with E-state index < -0.39 is 13.0 Å². The third kappa shape index (κ3) is 2.29. The van der Waals surface area contributed by atoms with E-state index in [9.17, 15) is 8.78 Å². The summed E-state index contributed by atoms with van der Waals surface area (Å²) in [6, 6.07) is 6.97. The summed E-state index contributed by atoms with van der Waals surface area (Å²) in [6.07, 6.45) is -2.07. The minimum Gasteiger partial charge on any atom is -0.322 e. The van der Waals surface area contributed by atoms with Gasteiger partial charge < -0.3 is 4.57 Å². The molecule has 2 rings (SSSR count). The van der Waals surface area contributed by atoms with Crippen molar-refractivity contribution >= 4 is 22.6 Å². The molecule has 94 valence electrons. The molecule has 0 aliphatic carbocycles. The molecule has 0 N–H and O–H groups in total. The van der Waals surface area contributed by atoms with Crippen LogP contribution in [0.4, 0.5) is 8.78 Å². The van der Waals surface area contributed by atoms with Crippen LogP contribution in [0, 0.1) is 11.3 Å². The highest BCUT2D eigenvalue weighted by Gasteiger charge is 2.16. The molecule has 6 heteroatoms. The number of nitrogens with zero attached hydrogens (tertiary/aromatic N) is 3. The van der Waals surface area contributed by atoms with Crippen LogP contribution in [0.25, 0.3) is 11.0 Å². The summed E-state index contributed by atoms with van der Waals surface area (Å²) in [5, 5.41) is 8.97. The van der Waals surface area contributed by atoms with E-state index in [1.807, 2.05) is 6.07 Å². The number of para-hydroxylation sites is 1. The van der Waals surface area contributed by atoms with E-state index in [2.05, 4.69) is 4.98 Å². The maximum Gasteiger partial charge on any atom is 0.256 e. The van der Waals surface area contributed by atoms with Crippen LogP contribution in [0.1, 0.15) is 11.4 Å². The van der Waals surface area contributed by atoms with Gasteiger partial charge >= 0.3 is 0 Å². The van der Waals surface area contributed by atoms with Gasteiger partial charge in [-0.25, -0.2) is 13.8 Å². The van der Waals surface area contributed by atoms with Crippen molar-refractivity contribution in [3.8, 4) is 6.07 Å². The molecule has 0 bridgehead atoms. The van der Waals surface area contributed by atoms with Gasteiger partial charge in [0.05, 0.1) is 17.6 Å². The van der Waals surface area contributed by atoms with Gasteiger partial charge in [-0.1, -0.05) is 6.07 Å². The van der Waals surface area contributed by atoms with E-state index in [1.165, 1.54) is 4.57 Å². The van der Waals surface area contributed by atoms with Crippen molar-refractivity contribution in [3.63, 3.8) is 0 Å². The number of hydrogen-bond donors (Lipinski definition) is 0. The van der Waals surface area contributed by atoms with Gasteiger partial charge in [-0.3, -0.25) is 0 Å². The van der Waals surface area contributed by atoms with Crippen LogP contribution in [0.3, 0.4) is 0 Å². The third-order valence-electron chi connectivity index (χ3n) is 2.62. The third-order valence-corrected chi connectivity index (χ3v) is 2.81. The van der Waals surface area contributed by atoms with Crippen LogP contribution in [0.15, 0.2) is 18.2 Å². The number of nitriles is 1. The Morgan fingerprint density at radius 3 is 2.83 bits per heavy atom. The minimum atomic E-state index is -2.47. The number of imidazole rings is 1. The molecule has 0 aliphatic rings. The van der Waals surface area contributed by atoms with Crippen LogP contribution in [-0.2, 0) is 13.0 Å². The first-order chi connectivity index (χ1) is 8.67. The Labute approximate surface area is 108 Å². The zero-order valence-electron chi connectivity index (χ0n) is 9.41. The van der Waals surface area contributed by atoms with E-state index >= 15 is 0 Å². The average molecular weight is 270 g/mol. The van der Waals surface area contributed by atoms with Crippen LogP contribution in [0.2, 0.25) is 0 Å². The fraction of sp³-hybridized carbons (Fsp3) is 0.333. The quantitative estimate of drug-likeness (QED) is 0.801. The van der Waals surface area contributed by atoms with E-state index in [-0.39, 0.29) is 0 Å². The molecule has 0 saturated heterocycles. The number of fused-ring (bicyclic) bond motifs is 1. The zero-order valence-corrected chi connectivity index (χ0v) is 10.2. The van der Waals surface area contributed by atoms with Gasteiger partial charge in [0, 0.05) is 12.3 Å². The van der Waals surface area contributed by atoms with Gasteiger partial charge in [0.25, 0.3) is 6.43 Å². The lowest BCUT2D eigenvalue weighted by atomic mass is 10.2. The lowest BCUT2D eigenvalue weighted by Crippen LogP contribution is -2.10. The summed E-state index contributed by atoms with van der Waals surface area (Å²) in [5.74, 6) is 0.789. The Kier molecular flexibility index (Phi) is 3.78. The molecule has 1 aromatic carbocycles. The van der Waals surface area contributed by atoms with E-state index in [4.69, 9.17) is 16.9 Å². The Balaban J connectivity index is 2.64. The largest absolute Gasteiger partial charge is 0.322 e. The van der Waals surface area contributed by atoms with Crippen LogP contribution in [0.5, 0.6) is 0 Å². The standard InChI is InChI=1S/C12H10ClF2N3/c13-5-4-11-17-12-8(6-16)2-1-3-9(12)18(11)7-10(14)15/h1-3,10H,4-5,7H2. The predicted molar refractivity (Wildman–Crippen MR) is 64.9 cm³/mol. The molecule has 1 aromatic heterocycles. The summed E-state index contributed by atoms with van der Waals surface area (Å²) in [7, 11) is 0. The topological polar surface area (TPSA) is 41.6 Å². The monoisotopic (exact) mass is 269 g/mol. The molecule has 0 radical (unpaired) electrons. The number of halogens is 3. The fourth-order valence-electron chi connectivity index (χ4n) is 1.90. The maximum absolute atomic E-state index is 12.6. The predicted octanol–water partition coefficient (Wildman–Crippen LogP) is 2.95.